The van der Waals surface area contributed by atoms with Crippen molar-refractivity contribution in [1.82, 2.24) is 9.80 Å². The summed E-state index contributed by atoms with van der Waals surface area (Å²) in [7, 11) is 2.12. The lowest BCUT2D eigenvalue weighted by molar-refractivity contribution is 0.133. The molecule has 1 atom stereocenters. The smallest absolute Gasteiger partial charge is 0.123 e. The van der Waals surface area contributed by atoms with Gasteiger partial charge in [-0.25, -0.2) is 0 Å². The fraction of sp³-hybridized carbons (Fsp3) is 0.562. The van der Waals surface area contributed by atoms with E-state index in [1.807, 2.05) is 24.3 Å². The Morgan fingerprint density at radius 1 is 1.20 bits per heavy atom. The first kappa shape index (κ1) is 14.8. The lowest BCUT2D eigenvalue weighted by atomic mass is 10.1. The first-order valence-electron chi connectivity index (χ1n) is 7.29. The maximum Gasteiger partial charge on any atom is 0.123 e. The molecule has 1 unspecified atom stereocenters. The Morgan fingerprint density at radius 3 is 2.40 bits per heavy atom. The number of ether oxygens (including phenoxy) is 1. The van der Waals surface area contributed by atoms with E-state index in [1.54, 1.807) is 0 Å². The number of rotatable bonds is 5. The molecule has 1 heterocycles. The molecule has 0 aliphatic carbocycles. The Morgan fingerprint density at radius 2 is 1.85 bits per heavy atom. The van der Waals surface area contributed by atoms with Crippen molar-refractivity contribution in [3.63, 3.8) is 0 Å². The van der Waals surface area contributed by atoms with E-state index >= 15 is 0 Å². The molecule has 0 amide bonds. The van der Waals surface area contributed by atoms with Crippen LogP contribution in [0.25, 0.3) is 0 Å². The van der Waals surface area contributed by atoms with Gasteiger partial charge in [0.05, 0.1) is 12.7 Å². The van der Waals surface area contributed by atoms with Crippen LogP contribution in [0.1, 0.15) is 24.9 Å². The summed E-state index contributed by atoms with van der Waals surface area (Å²) in [5.41, 5.74) is 1.06. The van der Waals surface area contributed by atoms with E-state index in [1.165, 1.54) is 0 Å². The van der Waals surface area contributed by atoms with Gasteiger partial charge >= 0.3 is 0 Å². The molecule has 0 bridgehead atoms. The highest BCUT2D eigenvalue weighted by Gasteiger charge is 2.23. The molecule has 4 heteroatoms. The maximum atomic E-state index is 9.47. The van der Waals surface area contributed by atoms with Gasteiger partial charge in [0.2, 0.25) is 0 Å². The molecular weight excluding hydrogens is 250 g/mol. The van der Waals surface area contributed by atoms with Gasteiger partial charge in [-0.1, -0.05) is 19.1 Å². The quantitative estimate of drug-likeness (QED) is 0.825. The standard InChI is InChI=1S/C16H23N3O/c1-3-12-20-15-6-4-14(5-7-15)16(13-17)19-10-8-18(2)9-11-19/h4-7,16H,3,8-12H2,1-2H3. The summed E-state index contributed by atoms with van der Waals surface area (Å²) in [4.78, 5) is 4.55. The average Bonchev–Trinajstić information content (AvgIpc) is 2.49. The van der Waals surface area contributed by atoms with Crippen LogP contribution in [0.2, 0.25) is 0 Å². The van der Waals surface area contributed by atoms with Gasteiger partial charge in [0.15, 0.2) is 0 Å². The summed E-state index contributed by atoms with van der Waals surface area (Å²) in [5, 5.41) is 9.47. The van der Waals surface area contributed by atoms with Gasteiger partial charge in [-0.2, -0.15) is 5.26 Å². The number of nitrogens with zero attached hydrogens (tertiary/aromatic N) is 3. The zero-order valence-electron chi connectivity index (χ0n) is 12.4. The van der Waals surface area contributed by atoms with Crippen molar-refractivity contribution in [2.45, 2.75) is 19.4 Å². The van der Waals surface area contributed by atoms with Crippen molar-refractivity contribution in [1.29, 1.82) is 5.26 Å². The molecule has 1 fully saturated rings. The van der Waals surface area contributed by atoms with E-state index in [0.717, 1.165) is 50.5 Å². The molecule has 0 N–H and O–H groups in total. The predicted molar refractivity (Wildman–Crippen MR) is 79.7 cm³/mol. The van der Waals surface area contributed by atoms with Crippen LogP contribution >= 0.6 is 0 Å². The largest absolute Gasteiger partial charge is 0.494 e. The molecule has 1 aliphatic rings. The normalized spacial score (nSPS) is 18.4. The van der Waals surface area contributed by atoms with Crippen molar-refractivity contribution in [3.8, 4) is 11.8 Å². The summed E-state index contributed by atoms with van der Waals surface area (Å²) in [6.07, 6.45) is 1.00. The van der Waals surface area contributed by atoms with Crippen LogP contribution in [0.3, 0.4) is 0 Å². The zero-order valence-corrected chi connectivity index (χ0v) is 12.4. The van der Waals surface area contributed by atoms with Crippen LogP contribution in [0.4, 0.5) is 0 Å². The Labute approximate surface area is 121 Å². The molecule has 2 rings (SSSR count). The number of piperazine rings is 1. The molecule has 4 nitrogen and oxygen atoms in total. The SMILES string of the molecule is CCCOc1ccc(C(C#N)N2CCN(C)CC2)cc1. The van der Waals surface area contributed by atoms with Crippen LogP contribution in [-0.4, -0.2) is 49.6 Å². The molecule has 0 saturated carbocycles. The van der Waals surface area contributed by atoms with Gasteiger partial charge < -0.3 is 9.64 Å². The fourth-order valence-corrected chi connectivity index (χ4v) is 2.41. The Hall–Kier alpha value is -1.57. The highest BCUT2D eigenvalue weighted by Crippen LogP contribution is 2.23. The van der Waals surface area contributed by atoms with E-state index in [-0.39, 0.29) is 6.04 Å². The topological polar surface area (TPSA) is 39.5 Å². The van der Waals surface area contributed by atoms with Gasteiger partial charge in [-0.15, -0.1) is 0 Å². The predicted octanol–water partition coefficient (Wildman–Crippen LogP) is 2.29. The van der Waals surface area contributed by atoms with E-state index in [9.17, 15) is 5.26 Å². The summed E-state index contributed by atoms with van der Waals surface area (Å²) >= 11 is 0. The van der Waals surface area contributed by atoms with Crippen LogP contribution in [0, 0.1) is 11.3 Å². The van der Waals surface area contributed by atoms with Crippen molar-refractivity contribution < 1.29 is 4.74 Å². The number of nitriles is 1. The lowest BCUT2D eigenvalue weighted by Gasteiger charge is -2.35. The summed E-state index contributed by atoms with van der Waals surface area (Å²) in [6.45, 7) is 6.77. The number of benzene rings is 1. The van der Waals surface area contributed by atoms with Crippen molar-refractivity contribution >= 4 is 0 Å². The molecule has 0 aromatic heterocycles. The molecule has 1 aromatic rings. The number of likely N-dealkylation sites (N-methyl/N-ethyl adjacent to an activating group) is 1. The molecule has 1 saturated heterocycles. The van der Waals surface area contributed by atoms with Crippen LogP contribution in [0.5, 0.6) is 5.75 Å². The summed E-state index contributed by atoms with van der Waals surface area (Å²) < 4.78 is 5.58. The third-order valence-corrected chi connectivity index (χ3v) is 3.69. The van der Waals surface area contributed by atoms with Crippen LogP contribution < -0.4 is 4.74 Å². The second-order valence-electron chi connectivity index (χ2n) is 5.29. The average molecular weight is 273 g/mol. The molecule has 1 aliphatic heterocycles. The lowest BCUT2D eigenvalue weighted by Crippen LogP contribution is -2.45. The molecular formula is C16H23N3O. The Balaban J connectivity index is 2.02. The van der Waals surface area contributed by atoms with E-state index in [0.29, 0.717) is 0 Å². The number of hydrogen-bond acceptors (Lipinski definition) is 4. The molecule has 0 spiro atoms. The molecule has 1 aromatic carbocycles. The highest BCUT2D eigenvalue weighted by molar-refractivity contribution is 5.31. The molecule has 20 heavy (non-hydrogen) atoms. The second-order valence-corrected chi connectivity index (χ2v) is 5.29. The van der Waals surface area contributed by atoms with Crippen LogP contribution in [0.15, 0.2) is 24.3 Å². The molecule has 108 valence electrons. The second kappa shape index (κ2) is 7.28. The van der Waals surface area contributed by atoms with Crippen molar-refractivity contribution in [3.05, 3.63) is 29.8 Å². The van der Waals surface area contributed by atoms with Crippen LogP contribution in [-0.2, 0) is 0 Å². The van der Waals surface area contributed by atoms with Gasteiger partial charge in [-0.05, 0) is 31.2 Å². The fourth-order valence-electron chi connectivity index (χ4n) is 2.41. The monoisotopic (exact) mass is 273 g/mol. The van der Waals surface area contributed by atoms with Crippen molar-refractivity contribution in [2.24, 2.45) is 0 Å². The summed E-state index contributed by atoms with van der Waals surface area (Å²) in [5.74, 6) is 0.880. The van der Waals surface area contributed by atoms with E-state index in [4.69, 9.17) is 4.74 Å². The van der Waals surface area contributed by atoms with E-state index < -0.39 is 0 Å². The number of hydrogen-bond donors (Lipinski definition) is 0. The van der Waals surface area contributed by atoms with Gasteiger partial charge in [0, 0.05) is 26.2 Å². The van der Waals surface area contributed by atoms with Gasteiger partial charge in [0.1, 0.15) is 11.8 Å². The third-order valence-electron chi connectivity index (χ3n) is 3.69. The first-order chi connectivity index (χ1) is 9.74. The minimum Gasteiger partial charge on any atom is -0.494 e. The Bertz CT molecular complexity index is 444. The molecule has 0 radical (unpaired) electrons. The minimum absolute atomic E-state index is 0.149. The third kappa shape index (κ3) is 3.72. The van der Waals surface area contributed by atoms with Gasteiger partial charge in [0.25, 0.3) is 0 Å². The van der Waals surface area contributed by atoms with E-state index in [2.05, 4.69) is 29.8 Å². The van der Waals surface area contributed by atoms with Gasteiger partial charge in [-0.3, -0.25) is 4.90 Å². The highest BCUT2D eigenvalue weighted by atomic mass is 16.5. The van der Waals surface area contributed by atoms with Crippen molar-refractivity contribution in [2.75, 3.05) is 39.8 Å². The minimum atomic E-state index is -0.149. The Kier molecular flexibility index (Phi) is 5.40. The zero-order chi connectivity index (χ0) is 14.4. The maximum absolute atomic E-state index is 9.47. The first-order valence-corrected chi connectivity index (χ1v) is 7.29. The summed E-state index contributed by atoms with van der Waals surface area (Å²) in [6, 6.07) is 10.2.